The summed E-state index contributed by atoms with van der Waals surface area (Å²) in [4.78, 5) is 14.4. The van der Waals surface area contributed by atoms with Gasteiger partial charge in [-0.3, -0.25) is 4.79 Å². The van der Waals surface area contributed by atoms with E-state index in [2.05, 4.69) is 15.5 Å². The van der Waals surface area contributed by atoms with Crippen LogP contribution in [0.4, 0.5) is 18.9 Å². The molecule has 5 nitrogen and oxygen atoms in total. The molecule has 1 atom stereocenters. The third-order valence-corrected chi connectivity index (χ3v) is 4.98. The standard InChI is InChI=1S/C20H28F3N3O2S/c1-3-4-5-11-28-17-9-8-15(12-16(17)20(21,22)23)24-19(29)25-18(27)14-7-6-10-26(2)13-14/h8-9,12,14H,3-7,10-11,13H2,1-2H3,(H2,24,25,27,29). The van der Waals surface area contributed by atoms with Crippen molar-refractivity contribution in [2.45, 2.75) is 45.2 Å². The Morgan fingerprint density at radius 2 is 2.10 bits per heavy atom. The van der Waals surface area contributed by atoms with E-state index in [-0.39, 0.29) is 35.0 Å². The van der Waals surface area contributed by atoms with Gasteiger partial charge in [0.1, 0.15) is 5.75 Å². The van der Waals surface area contributed by atoms with E-state index < -0.39 is 11.7 Å². The maximum Gasteiger partial charge on any atom is 0.420 e. The first-order valence-electron chi connectivity index (χ1n) is 9.85. The molecule has 1 amide bonds. The molecule has 1 aromatic carbocycles. The molecule has 162 valence electrons. The summed E-state index contributed by atoms with van der Waals surface area (Å²) in [7, 11) is 1.94. The number of carbonyl (C=O) groups is 1. The fourth-order valence-corrected chi connectivity index (χ4v) is 3.46. The third-order valence-electron chi connectivity index (χ3n) is 4.78. The number of nitrogens with one attached hydrogen (secondary N) is 2. The molecule has 0 radical (unpaired) electrons. The lowest BCUT2D eigenvalue weighted by molar-refractivity contribution is -0.139. The molecule has 1 aliphatic rings. The fraction of sp³-hybridized carbons (Fsp3) is 0.600. The lowest BCUT2D eigenvalue weighted by Gasteiger charge is -2.28. The highest BCUT2D eigenvalue weighted by Crippen LogP contribution is 2.38. The highest BCUT2D eigenvalue weighted by Gasteiger charge is 2.35. The Balaban J connectivity index is 2.00. The molecule has 0 spiro atoms. The van der Waals surface area contributed by atoms with Crippen LogP contribution in [0.2, 0.25) is 0 Å². The van der Waals surface area contributed by atoms with E-state index in [0.29, 0.717) is 13.0 Å². The minimum absolute atomic E-state index is 0.0204. The second-order valence-electron chi connectivity index (χ2n) is 7.31. The predicted octanol–water partition coefficient (Wildman–Crippen LogP) is 4.43. The van der Waals surface area contributed by atoms with E-state index >= 15 is 0 Å². The summed E-state index contributed by atoms with van der Waals surface area (Å²) < 4.78 is 45.6. The van der Waals surface area contributed by atoms with Crippen LogP contribution in [0.1, 0.15) is 44.6 Å². The van der Waals surface area contributed by atoms with Gasteiger partial charge in [0, 0.05) is 12.2 Å². The summed E-state index contributed by atoms with van der Waals surface area (Å²) >= 11 is 5.11. The van der Waals surface area contributed by atoms with E-state index in [4.69, 9.17) is 17.0 Å². The molecule has 0 aliphatic carbocycles. The van der Waals surface area contributed by atoms with E-state index in [0.717, 1.165) is 38.3 Å². The van der Waals surface area contributed by atoms with Crippen molar-refractivity contribution in [1.29, 1.82) is 0 Å². The minimum Gasteiger partial charge on any atom is -0.493 e. The predicted molar refractivity (Wildman–Crippen MR) is 111 cm³/mol. The summed E-state index contributed by atoms with van der Waals surface area (Å²) in [6, 6.07) is 3.68. The number of thiocarbonyl (C=S) groups is 1. The molecule has 1 saturated heterocycles. The molecule has 0 bridgehead atoms. The Morgan fingerprint density at radius 1 is 1.34 bits per heavy atom. The lowest BCUT2D eigenvalue weighted by Crippen LogP contribution is -2.44. The number of benzene rings is 1. The molecule has 9 heteroatoms. The molecule has 0 aromatic heterocycles. The smallest absolute Gasteiger partial charge is 0.420 e. The van der Waals surface area contributed by atoms with Crippen LogP contribution >= 0.6 is 12.2 Å². The minimum atomic E-state index is -4.56. The van der Waals surface area contributed by atoms with Gasteiger partial charge in [-0.25, -0.2) is 0 Å². The number of rotatable bonds is 7. The molecule has 1 unspecified atom stereocenters. The number of carbonyl (C=O) groups excluding carboxylic acids is 1. The second-order valence-corrected chi connectivity index (χ2v) is 7.72. The normalized spacial score (nSPS) is 17.6. The summed E-state index contributed by atoms with van der Waals surface area (Å²) in [5, 5.41) is 5.23. The second kappa shape index (κ2) is 10.8. The van der Waals surface area contributed by atoms with Crippen molar-refractivity contribution < 1.29 is 22.7 Å². The van der Waals surface area contributed by atoms with Crippen molar-refractivity contribution in [1.82, 2.24) is 10.2 Å². The monoisotopic (exact) mass is 431 g/mol. The number of piperidine rings is 1. The zero-order valence-corrected chi connectivity index (χ0v) is 17.6. The summed E-state index contributed by atoms with van der Waals surface area (Å²) in [6.07, 6.45) is -0.329. The third kappa shape index (κ3) is 7.47. The van der Waals surface area contributed by atoms with E-state index in [1.54, 1.807) is 0 Å². The van der Waals surface area contributed by atoms with E-state index in [1.807, 2.05) is 14.0 Å². The van der Waals surface area contributed by atoms with Crippen molar-refractivity contribution in [3.8, 4) is 5.75 Å². The van der Waals surface area contributed by atoms with Gasteiger partial charge >= 0.3 is 6.18 Å². The van der Waals surface area contributed by atoms with Crippen LogP contribution in [0.3, 0.4) is 0 Å². The van der Waals surface area contributed by atoms with Crippen LogP contribution in [-0.2, 0) is 11.0 Å². The topological polar surface area (TPSA) is 53.6 Å². The first-order chi connectivity index (χ1) is 13.7. The van der Waals surface area contributed by atoms with Crippen LogP contribution in [0.5, 0.6) is 5.75 Å². The van der Waals surface area contributed by atoms with Crippen molar-refractivity contribution in [2.24, 2.45) is 5.92 Å². The fourth-order valence-electron chi connectivity index (χ4n) is 3.25. The average Bonchev–Trinajstić information content (AvgIpc) is 2.65. The van der Waals surface area contributed by atoms with Crippen molar-refractivity contribution in [3.05, 3.63) is 23.8 Å². The highest BCUT2D eigenvalue weighted by atomic mass is 32.1. The SMILES string of the molecule is CCCCCOc1ccc(NC(=S)NC(=O)C2CCCN(C)C2)cc1C(F)(F)F. The number of unbranched alkanes of at least 4 members (excludes halogenated alkanes) is 2. The first kappa shape index (κ1) is 23.4. The maximum absolute atomic E-state index is 13.4. The van der Waals surface area contributed by atoms with Gasteiger partial charge in [0.05, 0.1) is 18.1 Å². The molecule has 1 aliphatic heterocycles. The number of hydrogen-bond acceptors (Lipinski definition) is 4. The average molecular weight is 432 g/mol. The molecule has 0 saturated carbocycles. The van der Waals surface area contributed by atoms with Gasteiger partial charge in [0.15, 0.2) is 5.11 Å². The van der Waals surface area contributed by atoms with Gasteiger partial charge in [-0.1, -0.05) is 19.8 Å². The first-order valence-corrected chi connectivity index (χ1v) is 10.3. The summed E-state index contributed by atoms with van der Waals surface area (Å²) in [5.74, 6) is -0.613. The number of halogens is 3. The summed E-state index contributed by atoms with van der Waals surface area (Å²) in [6.45, 7) is 3.82. The molecule has 2 N–H and O–H groups in total. The van der Waals surface area contributed by atoms with Gasteiger partial charge < -0.3 is 20.3 Å². The number of nitrogens with zero attached hydrogens (tertiary/aromatic N) is 1. The van der Waals surface area contributed by atoms with Crippen LogP contribution in [0, 0.1) is 5.92 Å². The number of likely N-dealkylation sites (tertiary alicyclic amines) is 1. The number of ether oxygens (including phenoxy) is 1. The van der Waals surface area contributed by atoms with Crippen molar-refractivity contribution in [3.63, 3.8) is 0 Å². The Morgan fingerprint density at radius 3 is 2.76 bits per heavy atom. The molecular weight excluding hydrogens is 403 g/mol. The van der Waals surface area contributed by atoms with Crippen LogP contribution in [-0.4, -0.2) is 42.7 Å². The maximum atomic E-state index is 13.4. The number of alkyl halides is 3. The number of anilines is 1. The molecule has 1 heterocycles. The van der Waals surface area contributed by atoms with Crippen molar-refractivity contribution >= 4 is 28.9 Å². The Labute approximate surface area is 175 Å². The molecule has 29 heavy (non-hydrogen) atoms. The van der Waals surface area contributed by atoms with Crippen LogP contribution < -0.4 is 15.4 Å². The van der Waals surface area contributed by atoms with Crippen molar-refractivity contribution in [2.75, 3.05) is 32.1 Å². The van der Waals surface area contributed by atoms with Gasteiger partial charge in [-0.05, 0) is 63.3 Å². The van der Waals surface area contributed by atoms with Gasteiger partial charge in [-0.15, -0.1) is 0 Å². The largest absolute Gasteiger partial charge is 0.493 e. The summed E-state index contributed by atoms with van der Waals surface area (Å²) in [5.41, 5.74) is -0.730. The molecular formula is C20H28F3N3O2S. The number of amides is 1. The Kier molecular flexibility index (Phi) is 8.70. The lowest BCUT2D eigenvalue weighted by atomic mass is 9.98. The zero-order valence-electron chi connectivity index (χ0n) is 16.8. The van der Waals surface area contributed by atoms with E-state index in [1.165, 1.54) is 12.1 Å². The van der Waals surface area contributed by atoms with Crippen LogP contribution in [0.25, 0.3) is 0 Å². The van der Waals surface area contributed by atoms with Gasteiger partial charge in [-0.2, -0.15) is 13.2 Å². The molecule has 1 aromatic rings. The molecule has 1 fully saturated rings. The zero-order chi connectivity index (χ0) is 21.4. The van der Waals surface area contributed by atoms with Gasteiger partial charge in [0.2, 0.25) is 5.91 Å². The van der Waals surface area contributed by atoms with E-state index in [9.17, 15) is 18.0 Å². The Bertz CT molecular complexity index is 713. The quantitative estimate of drug-likeness (QED) is 0.494. The Hall–Kier alpha value is -1.87. The number of hydrogen-bond donors (Lipinski definition) is 2. The highest BCUT2D eigenvalue weighted by molar-refractivity contribution is 7.80. The van der Waals surface area contributed by atoms with Gasteiger partial charge in [0.25, 0.3) is 0 Å². The molecule has 2 rings (SSSR count). The van der Waals surface area contributed by atoms with Crippen LogP contribution in [0.15, 0.2) is 18.2 Å².